The van der Waals surface area contributed by atoms with Crippen LogP contribution in [0.3, 0.4) is 0 Å². The lowest BCUT2D eigenvalue weighted by atomic mass is 9.62. The first-order valence-corrected chi connectivity index (χ1v) is 16.0. The van der Waals surface area contributed by atoms with Crippen LogP contribution in [0.25, 0.3) is 10.1 Å². The molecule has 2 aromatic rings. The SMILES string of the molecule is COc1ccc2c(C(=O)C(=O)N(CCN3CCNCC3)C(C(N)=O)(C3CCCCC3)C3CCCCC3)csc2c1. The second-order valence-corrected chi connectivity index (χ2v) is 12.7. The smallest absolute Gasteiger partial charge is 0.295 e. The van der Waals surface area contributed by atoms with Gasteiger partial charge in [-0.25, -0.2) is 0 Å². The summed E-state index contributed by atoms with van der Waals surface area (Å²) in [5.41, 5.74) is 5.69. The molecule has 2 heterocycles. The summed E-state index contributed by atoms with van der Waals surface area (Å²) in [6, 6.07) is 5.55. The van der Waals surface area contributed by atoms with Crippen molar-refractivity contribution in [2.24, 2.45) is 17.6 Å². The van der Waals surface area contributed by atoms with Crippen molar-refractivity contribution < 1.29 is 19.1 Å². The molecule has 3 fully saturated rings. The number of carbonyl (C=O) groups excluding carboxylic acids is 3. The third kappa shape index (κ3) is 5.65. The molecule has 2 saturated carbocycles. The van der Waals surface area contributed by atoms with Crippen LogP contribution < -0.4 is 15.8 Å². The molecule has 40 heavy (non-hydrogen) atoms. The Hall–Kier alpha value is -2.49. The summed E-state index contributed by atoms with van der Waals surface area (Å²) >= 11 is 1.43. The van der Waals surface area contributed by atoms with E-state index in [0.717, 1.165) is 100 Å². The highest BCUT2D eigenvalue weighted by molar-refractivity contribution is 7.17. The number of hydrogen-bond donors (Lipinski definition) is 2. The Kier molecular flexibility index (Phi) is 9.43. The first-order chi connectivity index (χ1) is 19.5. The summed E-state index contributed by atoms with van der Waals surface area (Å²) in [7, 11) is 1.61. The van der Waals surface area contributed by atoms with E-state index in [9.17, 15) is 14.4 Å². The van der Waals surface area contributed by atoms with E-state index in [-0.39, 0.29) is 11.8 Å². The highest BCUT2D eigenvalue weighted by Gasteiger charge is 2.56. The molecular formula is C31H44N4O4S. The number of amides is 2. The number of benzene rings is 1. The maximum atomic E-state index is 14.5. The van der Waals surface area contributed by atoms with Crippen molar-refractivity contribution in [3.05, 3.63) is 29.1 Å². The second kappa shape index (κ2) is 13.0. The van der Waals surface area contributed by atoms with Gasteiger partial charge in [-0.15, -0.1) is 11.3 Å². The number of ketones is 1. The second-order valence-electron chi connectivity index (χ2n) is 11.7. The summed E-state index contributed by atoms with van der Waals surface area (Å²) in [6.45, 7) is 4.49. The molecule has 1 saturated heterocycles. The van der Waals surface area contributed by atoms with Gasteiger partial charge in [-0.3, -0.25) is 19.3 Å². The highest BCUT2D eigenvalue weighted by atomic mass is 32.1. The van der Waals surface area contributed by atoms with Crippen molar-refractivity contribution in [3.8, 4) is 5.75 Å². The fourth-order valence-electron chi connectivity index (χ4n) is 7.57. The Morgan fingerprint density at radius 3 is 2.23 bits per heavy atom. The summed E-state index contributed by atoms with van der Waals surface area (Å²) in [4.78, 5) is 46.5. The predicted molar refractivity (Wildman–Crippen MR) is 159 cm³/mol. The molecule has 0 spiro atoms. The molecule has 5 rings (SSSR count). The topological polar surface area (TPSA) is 105 Å². The molecule has 0 unspecified atom stereocenters. The number of hydrogen-bond acceptors (Lipinski definition) is 7. The lowest BCUT2D eigenvalue weighted by molar-refractivity contribution is -0.155. The normalized spacial score (nSPS) is 19.9. The van der Waals surface area contributed by atoms with Gasteiger partial charge in [0.15, 0.2) is 0 Å². The van der Waals surface area contributed by atoms with Crippen molar-refractivity contribution >= 4 is 39.0 Å². The van der Waals surface area contributed by atoms with E-state index in [2.05, 4.69) is 10.2 Å². The lowest BCUT2D eigenvalue weighted by Crippen LogP contribution is -2.69. The Bertz CT molecular complexity index is 1180. The third-order valence-corrected chi connectivity index (χ3v) is 10.6. The van der Waals surface area contributed by atoms with Gasteiger partial charge in [0.05, 0.1) is 7.11 Å². The van der Waals surface area contributed by atoms with E-state index in [1.807, 2.05) is 18.2 Å². The Morgan fingerprint density at radius 2 is 1.65 bits per heavy atom. The molecule has 1 aromatic carbocycles. The largest absolute Gasteiger partial charge is 0.497 e. The van der Waals surface area contributed by atoms with Crippen molar-refractivity contribution in [3.63, 3.8) is 0 Å². The number of nitrogens with two attached hydrogens (primary N) is 1. The Morgan fingerprint density at radius 1 is 1.02 bits per heavy atom. The minimum absolute atomic E-state index is 0.0231. The zero-order valence-electron chi connectivity index (χ0n) is 23.8. The number of thiophene rings is 1. The van der Waals surface area contributed by atoms with E-state index in [1.165, 1.54) is 11.3 Å². The molecule has 2 amide bonds. The highest BCUT2D eigenvalue weighted by Crippen LogP contribution is 2.47. The molecular weight excluding hydrogens is 524 g/mol. The standard InChI is InChI=1S/C31H44N4O4S/c1-39-24-12-13-25-26(21-40-27(25)20-24)28(36)29(37)35(19-18-34-16-14-33-15-17-34)31(30(32)38,22-8-4-2-5-9-22)23-10-6-3-7-11-23/h12-13,20-23,33H,2-11,14-19H2,1H3,(H2,32,38). The number of fused-ring (bicyclic) bond motifs is 1. The van der Waals surface area contributed by atoms with Crippen molar-refractivity contribution in [1.29, 1.82) is 0 Å². The van der Waals surface area contributed by atoms with Gasteiger partial charge in [0.25, 0.3) is 11.7 Å². The molecule has 3 N–H and O–H groups in total. The van der Waals surface area contributed by atoms with Gasteiger partial charge in [-0.1, -0.05) is 38.5 Å². The number of primary amides is 1. The van der Waals surface area contributed by atoms with E-state index in [0.29, 0.717) is 24.4 Å². The number of nitrogens with zero attached hydrogens (tertiary/aromatic N) is 2. The van der Waals surface area contributed by atoms with E-state index < -0.39 is 23.1 Å². The molecule has 1 aromatic heterocycles. The van der Waals surface area contributed by atoms with Gasteiger partial charge in [0, 0.05) is 60.3 Å². The molecule has 2 aliphatic carbocycles. The van der Waals surface area contributed by atoms with Gasteiger partial charge >= 0.3 is 0 Å². The van der Waals surface area contributed by atoms with Crippen molar-refractivity contribution in [1.82, 2.24) is 15.1 Å². The van der Waals surface area contributed by atoms with E-state index in [1.54, 1.807) is 17.4 Å². The number of methoxy groups -OCH3 is 1. The number of Topliss-reactive ketones (excluding diaryl/α,β-unsaturated/α-hetero) is 1. The van der Waals surface area contributed by atoms with Crippen molar-refractivity contribution in [2.45, 2.75) is 69.7 Å². The van der Waals surface area contributed by atoms with E-state index >= 15 is 0 Å². The molecule has 218 valence electrons. The molecule has 9 heteroatoms. The quantitative estimate of drug-likeness (QED) is 0.329. The van der Waals surface area contributed by atoms with Gasteiger partial charge in [0.2, 0.25) is 5.91 Å². The lowest BCUT2D eigenvalue weighted by Gasteiger charge is -2.53. The zero-order chi connectivity index (χ0) is 28.1. The minimum Gasteiger partial charge on any atom is -0.497 e. The third-order valence-electron chi connectivity index (χ3n) is 9.61. The molecule has 8 nitrogen and oxygen atoms in total. The maximum absolute atomic E-state index is 14.5. The number of nitrogens with one attached hydrogen (secondary N) is 1. The van der Waals surface area contributed by atoms with Crippen LogP contribution in [-0.2, 0) is 9.59 Å². The van der Waals surface area contributed by atoms with Gasteiger partial charge in [-0.2, -0.15) is 0 Å². The number of rotatable bonds is 10. The summed E-state index contributed by atoms with van der Waals surface area (Å²) < 4.78 is 6.25. The van der Waals surface area contributed by atoms with Crippen LogP contribution in [0, 0.1) is 11.8 Å². The molecule has 1 aliphatic heterocycles. The van der Waals surface area contributed by atoms with Crippen LogP contribution in [0.1, 0.15) is 74.6 Å². The van der Waals surface area contributed by atoms with Crippen LogP contribution in [0.2, 0.25) is 0 Å². The monoisotopic (exact) mass is 568 g/mol. The molecule has 3 aliphatic rings. The van der Waals surface area contributed by atoms with Crippen LogP contribution >= 0.6 is 11.3 Å². The first kappa shape index (κ1) is 29.0. The van der Waals surface area contributed by atoms with Crippen LogP contribution in [0.15, 0.2) is 23.6 Å². The fourth-order valence-corrected chi connectivity index (χ4v) is 8.54. The summed E-state index contributed by atoms with van der Waals surface area (Å²) in [5, 5.41) is 5.89. The number of ether oxygens (including phenoxy) is 1. The summed E-state index contributed by atoms with van der Waals surface area (Å²) in [5.74, 6) is -0.892. The first-order valence-electron chi connectivity index (χ1n) is 15.1. The average Bonchev–Trinajstić information content (AvgIpc) is 3.43. The van der Waals surface area contributed by atoms with Crippen LogP contribution in [-0.4, -0.2) is 79.3 Å². The number of carbonyl (C=O) groups is 3. The summed E-state index contributed by atoms with van der Waals surface area (Å²) in [6.07, 6.45) is 9.83. The van der Waals surface area contributed by atoms with Gasteiger partial charge in [-0.05, 0) is 55.7 Å². The number of piperazine rings is 1. The Labute approximate surface area is 241 Å². The van der Waals surface area contributed by atoms with Crippen LogP contribution in [0.4, 0.5) is 0 Å². The van der Waals surface area contributed by atoms with Crippen LogP contribution in [0.5, 0.6) is 5.75 Å². The average molecular weight is 569 g/mol. The molecule has 0 bridgehead atoms. The zero-order valence-corrected chi connectivity index (χ0v) is 24.6. The Balaban J connectivity index is 1.56. The predicted octanol–water partition coefficient (Wildman–Crippen LogP) is 4.21. The van der Waals surface area contributed by atoms with E-state index in [4.69, 9.17) is 10.5 Å². The minimum atomic E-state index is -1.14. The van der Waals surface area contributed by atoms with Gasteiger partial charge in [0.1, 0.15) is 11.3 Å². The maximum Gasteiger partial charge on any atom is 0.295 e. The molecule has 0 radical (unpaired) electrons. The van der Waals surface area contributed by atoms with Gasteiger partial charge < -0.3 is 20.7 Å². The van der Waals surface area contributed by atoms with Crippen molar-refractivity contribution in [2.75, 3.05) is 46.4 Å². The fraction of sp³-hybridized carbons (Fsp3) is 0.645. The molecule has 0 atom stereocenters.